The van der Waals surface area contributed by atoms with Gasteiger partial charge in [0.05, 0.1) is 20.5 Å². The molecule has 0 amide bonds. The third-order valence-electron chi connectivity index (χ3n) is 4.75. The minimum atomic E-state index is -0.500. The molecule has 0 unspecified atom stereocenters. The molecule has 2 aromatic heterocycles. The quantitative estimate of drug-likeness (QED) is 0.301. The summed E-state index contributed by atoms with van der Waals surface area (Å²) < 4.78 is 17.3. The van der Waals surface area contributed by atoms with E-state index >= 15 is 0 Å². The summed E-state index contributed by atoms with van der Waals surface area (Å²) in [7, 11) is 2.97. The van der Waals surface area contributed by atoms with Crippen LogP contribution in [0.3, 0.4) is 0 Å². The van der Waals surface area contributed by atoms with Gasteiger partial charge in [0.15, 0.2) is 11.0 Å². The first kappa shape index (κ1) is 20.7. The highest BCUT2D eigenvalue weighted by Crippen LogP contribution is 2.31. The molecule has 7 nitrogen and oxygen atoms in total. The van der Waals surface area contributed by atoms with Crippen LogP contribution in [0.2, 0.25) is 0 Å². The fourth-order valence-corrected chi connectivity index (χ4v) is 4.01. The molecule has 0 radical (unpaired) electrons. The zero-order valence-corrected chi connectivity index (χ0v) is 18.2. The van der Waals surface area contributed by atoms with Crippen LogP contribution in [-0.2, 0) is 10.5 Å². The number of aryl methyl sites for hydroxylation is 1. The van der Waals surface area contributed by atoms with Gasteiger partial charge in [0, 0.05) is 22.6 Å². The Kier molecular flexibility index (Phi) is 6.08. The van der Waals surface area contributed by atoms with E-state index < -0.39 is 5.97 Å². The number of carbonyl (C=O) groups excluding carboxylic acids is 1. The van der Waals surface area contributed by atoms with E-state index in [0.717, 1.165) is 34.0 Å². The fraction of sp³-hybridized carbons (Fsp3) is 0.174. The number of nitrogens with zero attached hydrogens (tertiary/aromatic N) is 3. The van der Waals surface area contributed by atoms with E-state index in [1.165, 1.54) is 25.1 Å². The lowest BCUT2D eigenvalue weighted by atomic mass is 10.2. The van der Waals surface area contributed by atoms with Gasteiger partial charge in [-0.25, -0.2) is 4.79 Å². The van der Waals surface area contributed by atoms with E-state index in [2.05, 4.69) is 10.2 Å². The topological polar surface area (TPSA) is 79.4 Å². The number of ether oxygens (including phenoxy) is 2. The fourth-order valence-electron chi connectivity index (χ4n) is 3.08. The number of benzene rings is 2. The van der Waals surface area contributed by atoms with Gasteiger partial charge in [-0.2, -0.15) is 0 Å². The molecule has 4 rings (SSSR count). The summed E-state index contributed by atoms with van der Waals surface area (Å²) in [5.41, 5.74) is 3.77. The van der Waals surface area contributed by atoms with Gasteiger partial charge >= 0.3 is 5.97 Å². The summed E-state index contributed by atoms with van der Waals surface area (Å²) in [6.07, 6.45) is 1.48. The zero-order chi connectivity index (χ0) is 21.8. The van der Waals surface area contributed by atoms with Crippen molar-refractivity contribution in [1.29, 1.82) is 0 Å². The van der Waals surface area contributed by atoms with Crippen molar-refractivity contribution >= 4 is 17.7 Å². The lowest BCUT2D eigenvalue weighted by molar-refractivity contribution is 0.0564. The van der Waals surface area contributed by atoms with Gasteiger partial charge in [-0.1, -0.05) is 29.5 Å². The summed E-state index contributed by atoms with van der Waals surface area (Å²) in [4.78, 5) is 11.9. The zero-order valence-electron chi connectivity index (χ0n) is 17.4. The molecule has 0 aliphatic heterocycles. The van der Waals surface area contributed by atoms with Crippen molar-refractivity contribution in [3.63, 3.8) is 0 Å². The SMILES string of the molecule is COC(=O)c1occc1CSc1nnc(-c2ccc(OC)cc2)n1-c1ccc(C)cc1. The van der Waals surface area contributed by atoms with Gasteiger partial charge in [-0.15, -0.1) is 10.2 Å². The second-order valence-electron chi connectivity index (χ2n) is 6.76. The molecule has 0 bridgehead atoms. The van der Waals surface area contributed by atoms with Gasteiger partial charge in [0.1, 0.15) is 5.75 Å². The van der Waals surface area contributed by atoms with Crippen molar-refractivity contribution in [2.75, 3.05) is 14.2 Å². The van der Waals surface area contributed by atoms with Crippen LogP contribution in [0.5, 0.6) is 5.75 Å². The van der Waals surface area contributed by atoms with Crippen molar-refractivity contribution < 1.29 is 18.7 Å². The molecule has 0 atom stereocenters. The van der Waals surface area contributed by atoms with Crippen LogP contribution in [0.15, 0.2) is 70.4 Å². The maximum absolute atomic E-state index is 11.9. The maximum atomic E-state index is 11.9. The minimum Gasteiger partial charge on any atom is -0.497 e. The van der Waals surface area contributed by atoms with Crippen LogP contribution in [0.4, 0.5) is 0 Å². The number of hydrogen-bond acceptors (Lipinski definition) is 7. The number of esters is 1. The number of carbonyl (C=O) groups is 1. The summed E-state index contributed by atoms with van der Waals surface area (Å²) in [5.74, 6) is 1.67. The summed E-state index contributed by atoms with van der Waals surface area (Å²) >= 11 is 1.47. The average Bonchev–Trinajstić information content (AvgIpc) is 3.45. The Bertz CT molecular complexity index is 1180. The molecular weight excluding hydrogens is 414 g/mol. The molecule has 0 aliphatic rings. The molecule has 4 aromatic rings. The largest absolute Gasteiger partial charge is 0.497 e. The third-order valence-corrected chi connectivity index (χ3v) is 5.73. The Morgan fingerprint density at radius 3 is 2.45 bits per heavy atom. The van der Waals surface area contributed by atoms with Crippen molar-refractivity contribution in [2.45, 2.75) is 17.8 Å². The van der Waals surface area contributed by atoms with Gasteiger partial charge < -0.3 is 13.9 Å². The van der Waals surface area contributed by atoms with E-state index in [-0.39, 0.29) is 5.76 Å². The van der Waals surface area contributed by atoms with Crippen LogP contribution in [0, 0.1) is 6.92 Å². The number of hydrogen-bond donors (Lipinski definition) is 0. The van der Waals surface area contributed by atoms with Crippen molar-refractivity contribution in [2.24, 2.45) is 0 Å². The van der Waals surface area contributed by atoms with Gasteiger partial charge in [0.2, 0.25) is 5.76 Å². The normalized spacial score (nSPS) is 10.8. The lowest BCUT2D eigenvalue weighted by Crippen LogP contribution is -2.03. The monoisotopic (exact) mass is 435 g/mol. The number of rotatable bonds is 7. The molecular formula is C23H21N3O4S. The Balaban J connectivity index is 1.71. The molecule has 8 heteroatoms. The van der Waals surface area contributed by atoms with E-state index in [1.807, 2.05) is 60.0 Å². The highest BCUT2D eigenvalue weighted by Gasteiger charge is 2.20. The average molecular weight is 436 g/mol. The summed E-state index contributed by atoms with van der Waals surface area (Å²) in [6.45, 7) is 2.04. The van der Waals surface area contributed by atoms with Crippen LogP contribution in [0.1, 0.15) is 21.7 Å². The van der Waals surface area contributed by atoms with Crippen molar-refractivity contribution in [1.82, 2.24) is 14.8 Å². The predicted octanol–water partition coefficient (Wildman–Crippen LogP) is 4.92. The highest BCUT2D eigenvalue weighted by molar-refractivity contribution is 7.98. The molecule has 2 heterocycles. The number of aromatic nitrogens is 3. The van der Waals surface area contributed by atoms with Crippen LogP contribution in [0.25, 0.3) is 17.1 Å². The standard InChI is InChI=1S/C23H21N3O4S/c1-15-4-8-18(9-5-15)26-21(16-6-10-19(28-2)11-7-16)24-25-23(26)31-14-17-12-13-30-20(17)22(27)29-3/h4-13H,14H2,1-3H3. The molecule has 0 saturated carbocycles. The molecule has 2 aromatic carbocycles. The number of methoxy groups -OCH3 is 2. The minimum absolute atomic E-state index is 0.201. The Morgan fingerprint density at radius 2 is 1.77 bits per heavy atom. The maximum Gasteiger partial charge on any atom is 0.374 e. The summed E-state index contributed by atoms with van der Waals surface area (Å²) in [6, 6.07) is 17.6. The first-order chi connectivity index (χ1) is 15.1. The second kappa shape index (κ2) is 9.09. The lowest BCUT2D eigenvalue weighted by Gasteiger charge is -2.11. The Morgan fingerprint density at radius 1 is 1.03 bits per heavy atom. The second-order valence-corrected chi connectivity index (χ2v) is 7.70. The van der Waals surface area contributed by atoms with Gasteiger partial charge in [0.25, 0.3) is 0 Å². The van der Waals surface area contributed by atoms with Crippen molar-refractivity contribution in [3.8, 4) is 22.8 Å². The van der Waals surface area contributed by atoms with E-state index in [9.17, 15) is 4.79 Å². The van der Waals surface area contributed by atoms with Crippen LogP contribution < -0.4 is 4.74 Å². The Hall–Kier alpha value is -3.52. The van der Waals surface area contributed by atoms with Crippen molar-refractivity contribution in [3.05, 3.63) is 77.7 Å². The van der Waals surface area contributed by atoms with Gasteiger partial charge in [-0.3, -0.25) is 4.57 Å². The van der Waals surface area contributed by atoms with Crippen LogP contribution in [-0.4, -0.2) is 35.0 Å². The third kappa shape index (κ3) is 4.34. The molecule has 0 spiro atoms. The molecule has 0 aliphatic carbocycles. The first-order valence-electron chi connectivity index (χ1n) is 9.55. The Labute approximate surface area is 184 Å². The van der Waals surface area contributed by atoms with Crippen LogP contribution >= 0.6 is 11.8 Å². The molecule has 31 heavy (non-hydrogen) atoms. The summed E-state index contributed by atoms with van der Waals surface area (Å²) in [5, 5.41) is 9.58. The van der Waals surface area contributed by atoms with E-state index in [1.54, 1.807) is 13.2 Å². The van der Waals surface area contributed by atoms with E-state index in [0.29, 0.717) is 10.9 Å². The highest BCUT2D eigenvalue weighted by atomic mass is 32.2. The molecule has 0 N–H and O–H groups in total. The van der Waals surface area contributed by atoms with E-state index in [4.69, 9.17) is 13.9 Å². The number of furan rings is 1. The predicted molar refractivity (Wildman–Crippen MR) is 118 cm³/mol. The molecule has 0 saturated heterocycles. The number of thioether (sulfide) groups is 1. The molecule has 158 valence electrons. The smallest absolute Gasteiger partial charge is 0.374 e. The first-order valence-corrected chi connectivity index (χ1v) is 10.5. The molecule has 0 fully saturated rings. The van der Waals surface area contributed by atoms with Gasteiger partial charge in [-0.05, 0) is 49.4 Å².